The van der Waals surface area contributed by atoms with E-state index in [-0.39, 0.29) is 0 Å². The summed E-state index contributed by atoms with van der Waals surface area (Å²) in [5, 5.41) is 0. The van der Waals surface area contributed by atoms with Crippen LogP contribution in [0, 0.1) is 11.8 Å². The Morgan fingerprint density at radius 3 is 2.54 bits per heavy atom. The number of likely N-dealkylation sites (tertiary alicyclic amines) is 1. The summed E-state index contributed by atoms with van der Waals surface area (Å²) in [5.74, 6) is 2.15. The molecule has 0 aromatic heterocycles. The minimum absolute atomic E-state index is 0.306. The first-order valence-corrected chi connectivity index (χ1v) is 5.59. The highest BCUT2D eigenvalue weighted by Crippen LogP contribution is 2.23. The SMILES string of the molecule is CC(C)C(C)N1CC(CS)CC1=O. The third kappa shape index (κ3) is 2.39. The Bertz CT molecular complexity index is 193. The summed E-state index contributed by atoms with van der Waals surface area (Å²) >= 11 is 4.24. The van der Waals surface area contributed by atoms with E-state index in [0.717, 1.165) is 12.3 Å². The van der Waals surface area contributed by atoms with E-state index in [2.05, 4.69) is 33.4 Å². The Hall–Kier alpha value is -0.180. The van der Waals surface area contributed by atoms with Gasteiger partial charge in [0, 0.05) is 19.0 Å². The van der Waals surface area contributed by atoms with E-state index in [9.17, 15) is 4.79 Å². The van der Waals surface area contributed by atoms with Gasteiger partial charge in [0.1, 0.15) is 0 Å². The molecule has 3 heteroatoms. The van der Waals surface area contributed by atoms with E-state index < -0.39 is 0 Å². The van der Waals surface area contributed by atoms with E-state index >= 15 is 0 Å². The lowest BCUT2D eigenvalue weighted by Gasteiger charge is -2.27. The second-order valence-corrected chi connectivity index (χ2v) is 4.65. The fourth-order valence-electron chi connectivity index (χ4n) is 1.68. The topological polar surface area (TPSA) is 20.3 Å². The number of amides is 1. The van der Waals surface area contributed by atoms with Gasteiger partial charge in [-0.1, -0.05) is 13.8 Å². The minimum Gasteiger partial charge on any atom is -0.339 e. The van der Waals surface area contributed by atoms with Crippen molar-refractivity contribution in [3.8, 4) is 0 Å². The smallest absolute Gasteiger partial charge is 0.223 e. The number of thiol groups is 1. The highest BCUT2D eigenvalue weighted by molar-refractivity contribution is 7.80. The molecule has 76 valence electrons. The van der Waals surface area contributed by atoms with Crippen LogP contribution < -0.4 is 0 Å². The Balaban J connectivity index is 2.57. The van der Waals surface area contributed by atoms with E-state index in [0.29, 0.717) is 30.2 Å². The van der Waals surface area contributed by atoms with Gasteiger partial charge in [0.05, 0.1) is 0 Å². The maximum atomic E-state index is 11.6. The summed E-state index contributed by atoms with van der Waals surface area (Å²) in [6, 6.07) is 0.373. The van der Waals surface area contributed by atoms with Crippen LogP contribution in [0.1, 0.15) is 27.2 Å². The van der Waals surface area contributed by atoms with Crippen LogP contribution in [0.2, 0.25) is 0 Å². The summed E-state index contributed by atoms with van der Waals surface area (Å²) in [5.41, 5.74) is 0. The molecule has 1 rings (SSSR count). The van der Waals surface area contributed by atoms with Crippen molar-refractivity contribution < 1.29 is 4.79 Å². The first kappa shape index (κ1) is 10.9. The molecule has 0 aromatic rings. The van der Waals surface area contributed by atoms with Crippen molar-refractivity contribution >= 4 is 18.5 Å². The zero-order chi connectivity index (χ0) is 10.0. The van der Waals surface area contributed by atoms with E-state index in [1.54, 1.807) is 0 Å². The normalized spacial score (nSPS) is 25.8. The maximum Gasteiger partial charge on any atom is 0.223 e. The third-order valence-electron chi connectivity index (χ3n) is 2.95. The van der Waals surface area contributed by atoms with Crippen molar-refractivity contribution in [1.29, 1.82) is 0 Å². The molecule has 13 heavy (non-hydrogen) atoms. The summed E-state index contributed by atoms with van der Waals surface area (Å²) < 4.78 is 0. The number of carbonyl (C=O) groups is 1. The molecule has 0 radical (unpaired) electrons. The highest BCUT2D eigenvalue weighted by Gasteiger charge is 2.32. The first-order valence-electron chi connectivity index (χ1n) is 4.96. The summed E-state index contributed by atoms with van der Waals surface area (Å²) in [6.07, 6.45) is 0.695. The molecule has 1 aliphatic heterocycles. The summed E-state index contributed by atoms with van der Waals surface area (Å²) in [6.45, 7) is 7.35. The van der Waals surface area contributed by atoms with Gasteiger partial charge < -0.3 is 4.90 Å². The fourth-order valence-corrected chi connectivity index (χ4v) is 1.93. The molecule has 0 N–H and O–H groups in total. The molecule has 0 aromatic carbocycles. The molecule has 2 nitrogen and oxygen atoms in total. The maximum absolute atomic E-state index is 11.6. The number of hydrogen-bond donors (Lipinski definition) is 1. The predicted molar refractivity (Wildman–Crippen MR) is 58.0 cm³/mol. The highest BCUT2D eigenvalue weighted by atomic mass is 32.1. The van der Waals surface area contributed by atoms with Crippen molar-refractivity contribution in [2.45, 2.75) is 33.2 Å². The van der Waals surface area contributed by atoms with Gasteiger partial charge in [0.2, 0.25) is 5.91 Å². The number of hydrogen-bond acceptors (Lipinski definition) is 2. The number of nitrogens with zero attached hydrogens (tertiary/aromatic N) is 1. The molecule has 1 heterocycles. The van der Waals surface area contributed by atoms with E-state index in [1.807, 2.05) is 4.90 Å². The number of rotatable bonds is 3. The summed E-state index contributed by atoms with van der Waals surface area (Å²) in [4.78, 5) is 13.6. The Morgan fingerprint density at radius 1 is 1.54 bits per heavy atom. The lowest BCUT2D eigenvalue weighted by atomic mass is 10.1. The van der Waals surface area contributed by atoms with Crippen LogP contribution in [0.25, 0.3) is 0 Å². The molecule has 2 unspecified atom stereocenters. The van der Waals surface area contributed by atoms with E-state index in [4.69, 9.17) is 0 Å². The van der Waals surface area contributed by atoms with Gasteiger partial charge >= 0.3 is 0 Å². The standard InChI is InChI=1S/C10H19NOS/c1-7(2)8(3)11-5-9(6-13)4-10(11)12/h7-9,13H,4-6H2,1-3H3. The lowest BCUT2D eigenvalue weighted by molar-refractivity contribution is -0.130. The molecule has 0 spiro atoms. The van der Waals surface area contributed by atoms with Gasteiger partial charge in [-0.25, -0.2) is 0 Å². The predicted octanol–water partition coefficient (Wildman–Crippen LogP) is 1.81. The van der Waals surface area contributed by atoms with Gasteiger partial charge in [-0.2, -0.15) is 12.6 Å². The second kappa shape index (κ2) is 4.36. The molecule has 0 bridgehead atoms. The molecule has 1 amide bonds. The molecule has 1 saturated heterocycles. The first-order chi connectivity index (χ1) is 6.06. The molecule has 1 aliphatic rings. The fraction of sp³-hybridized carbons (Fsp3) is 0.900. The molecular weight excluding hydrogens is 182 g/mol. The van der Waals surface area contributed by atoms with Crippen molar-refractivity contribution in [2.75, 3.05) is 12.3 Å². The Labute approximate surface area is 86.1 Å². The molecule has 1 fully saturated rings. The largest absolute Gasteiger partial charge is 0.339 e. The monoisotopic (exact) mass is 201 g/mol. The second-order valence-electron chi connectivity index (χ2n) is 4.28. The van der Waals surface area contributed by atoms with Crippen LogP contribution >= 0.6 is 12.6 Å². The van der Waals surface area contributed by atoms with Crippen LogP contribution in [0.3, 0.4) is 0 Å². The van der Waals surface area contributed by atoms with Crippen LogP contribution in [-0.2, 0) is 4.79 Å². The van der Waals surface area contributed by atoms with Gasteiger partial charge in [-0.05, 0) is 24.5 Å². The number of carbonyl (C=O) groups excluding carboxylic acids is 1. The summed E-state index contributed by atoms with van der Waals surface area (Å²) in [7, 11) is 0. The van der Waals surface area contributed by atoms with Gasteiger partial charge in [0.15, 0.2) is 0 Å². The third-order valence-corrected chi connectivity index (χ3v) is 3.47. The van der Waals surface area contributed by atoms with Crippen molar-refractivity contribution in [3.63, 3.8) is 0 Å². The molecule has 0 saturated carbocycles. The zero-order valence-corrected chi connectivity index (χ0v) is 9.55. The lowest BCUT2D eigenvalue weighted by Crippen LogP contribution is -2.37. The van der Waals surface area contributed by atoms with Gasteiger partial charge in [0.25, 0.3) is 0 Å². The average Bonchev–Trinajstić information content (AvgIpc) is 2.45. The quantitative estimate of drug-likeness (QED) is 0.691. The van der Waals surface area contributed by atoms with Gasteiger partial charge in [-0.3, -0.25) is 4.79 Å². The molecule has 2 atom stereocenters. The van der Waals surface area contributed by atoms with E-state index in [1.165, 1.54) is 0 Å². The van der Waals surface area contributed by atoms with Crippen LogP contribution in [0.15, 0.2) is 0 Å². The molecule has 0 aliphatic carbocycles. The Morgan fingerprint density at radius 2 is 2.15 bits per heavy atom. The zero-order valence-electron chi connectivity index (χ0n) is 8.66. The van der Waals surface area contributed by atoms with Crippen LogP contribution in [0.4, 0.5) is 0 Å². The van der Waals surface area contributed by atoms with Gasteiger partial charge in [-0.15, -0.1) is 0 Å². The Kier molecular flexibility index (Phi) is 3.65. The van der Waals surface area contributed by atoms with Crippen molar-refractivity contribution in [2.24, 2.45) is 11.8 Å². The van der Waals surface area contributed by atoms with Crippen LogP contribution in [-0.4, -0.2) is 29.1 Å². The molecular formula is C10H19NOS. The van der Waals surface area contributed by atoms with Crippen molar-refractivity contribution in [3.05, 3.63) is 0 Å². The minimum atomic E-state index is 0.306. The van der Waals surface area contributed by atoms with Crippen LogP contribution in [0.5, 0.6) is 0 Å². The van der Waals surface area contributed by atoms with Crippen molar-refractivity contribution in [1.82, 2.24) is 4.90 Å². The average molecular weight is 201 g/mol.